The Morgan fingerprint density at radius 1 is 0.871 bits per heavy atom. The first-order chi connectivity index (χ1) is 14.8. The lowest BCUT2D eigenvalue weighted by Crippen LogP contribution is -2.22. The molecular formula is C23H26Cl2N2O4. The summed E-state index contributed by atoms with van der Waals surface area (Å²) in [5, 5.41) is 6.27. The normalized spacial score (nSPS) is 10.5. The fourth-order valence-electron chi connectivity index (χ4n) is 2.99. The molecule has 166 valence electrons. The van der Waals surface area contributed by atoms with Gasteiger partial charge in [-0.3, -0.25) is 14.4 Å². The van der Waals surface area contributed by atoms with Crippen molar-refractivity contribution in [2.45, 2.75) is 46.0 Å². The van der Waals surface area contributed by atoms with Crippen LogP contribution in [0.3, 0.4) is 0 Å². The molecule has 0 aliphatic rings. The summed E-state index contributed by atoms with van der Waals surface area (Å²) in [6.07, 6.45) is 2.03. The number of halogens is 2. The van der Waals surface area contributed by atoms with Crippen LogP contribution < -0.4 is 10.6 Å². The number of benzene rings is 2. The number of hydrogen-bond donors (Lipinski definition) is 2. The van der Waals surface area contributed by atoms with Crippen molar-refractivity contribution in [3.63, 3.8) is 0 Å². The second-order valence-corrected chi connectivity index (χ2v) is 7.71. The van der Waals surface area contributed by atoms with Gasteiger partial charge in [0.1, 0.15) is 0 Å². The van der Waals surface area contributed by atoms with Crippen molar-refractivity contribution in [2.75, 3.05) is 17.2 Å². The Kier molecular flexibility index (Phi) is 9.82. The first-order valence-corrected chi connectivity index (χ1v) is 10.9. The Morgan fingerprint density at radius 2 is 1.55 bits per heavy atom. The highest BCUT2D eigenvalue weighted by molar-refractivity contribution is 6.42. The van der Waals surface area contributed by atoms with Gasteiger partial charge in [0, 0.05) is 24.2 Å². The van der Waals surface area contributed by atoms with Gasteiger partial charge >= 0.3 is 5.97 Å². The monoisotopic (exact) mass is 464 g/mol. The zero-order chi connectivity index (χ0) is 22.8. The predicted octanol–water partition coefficient (Wildman–Crippen LogP) is 5.41. The van der Waals surface area contributed by atoms with E-state index in [1.165, 1.54) is 0 Å². The molecule has 8 heteroatoms. The van der Waals surface area contributed by atoms with Crippen LogP contribution in [0, 0.1) is 0 Å². The average molecular weight is 465 g/mol. The van der Waals surface area contributed by atoms with Crippen LogP contribution in [0.4, 0.5) is 11.4 Å². The van der Waals surface area contributed by atoms with Crippen LogP contribution in [0.25, 0.3) is 0 Å². The van der Waals surface area contributed by atoms with E-state index in [2.05, 4.69) is 10.6 Å². The minimum atomic E-state index is -0.531. The number of rotatable bonds is 10. The first-order valence-electron chi connectivity index (χ1n) is 10.1. The maximum Gasteiger partial charge on any atom is 0.306 e. The van der Waals surface area contributed by atoms with Crippen molar-refractivity contribution in [3.05, 3.63) is 57.6 Å². The molecule has 6 nitrogen and oxygen atoms in total. The molecule has 2 aromatic rings. The second-order valence-electron chi connectivity index (χ2n) is 6.90. The van der Waals surface area contributed by atoms with Crippen molar-refractivity contribution >= 4 is 52.4 Å². The van der Waals surface area contributed by atoms with E-state index < -0.39 is 5.97 Å². The van der Waals surface area contributed by atoms with Crippen LogP contribution in [0.1, 0.15) is 44.2 Å². The summed E-state index contributed by atoms with van der Waals surface area (Å²) in [4.78, 5) is 36.1. The second kappa shape index (κ2) is 12.3. The summed E-state index contributed by atoms with van der Waals surface area (Å²) >= 11 is 11.7. The highest BCUT2D eigenvalue weighted by Crippen LogP contribution is 2.25. The van der Waals surface area contributed by atoms with Crippen molar-refractivity contribution in [1.82, 2.24) is 0 Å². The molecule has 31 heavy (non-hydrogen) atoms. The van der Waals surface area contributed by atoms with Gasteiger partial charge in [-0.1, -0.05) is 55.2 Å². The molecule has 0 heterocycles. The van der Waals surface area contributed by atoms with Crippen LogP contribution in [0.5, 0.6) is 0 Å². The molecule has 2 rings (SSSR count). The number of para-hydroxylation sites is 1. The Bertz CT molecular complexity index is 925. The molecule has 0 saturated carbocycles. The van der Waals surface area contributed by atoms with Crippen LogP contribution in [0.2, 0.25) is 10.0 Å². The average Bonchev–Trinajstić information content (AvgIpc) is 2.75. The molecular weight excluding hydrogens is 439 g/mol. The van der Waals surface area contributed by atoms with Gasteiger partial charge in [-0.05, 0) is 48.6 Å². The molecule has 2 N–H and O–H groups in total. The van der Waals surface area contributed by atoms with E-state index in [-0.39, 0.29) is 31.3 Å². The Balaban J connectivity index is 1.72. The fraction of sp³-hybridized carbons (Fsp3) is 0.348. The topological polar surface area (TPSA) is 84.5 Å². The van der Waals surface area contributed by atoms with Gasteiger partial charge < -0.3 is 15.4 Å². The van der Waals surface area contributed by atoms with E-state index >= 15 is 0 Å². The number of nitrogens with one attached hydrogen (secondary N) is 2. The lowest BCUT2D eigenvalue weighted by molar-refractivity contribution is -0.147. The van der Waals surface area contributed by atoms with Crippen LogP contribution in [0.15, 0.2) is 36.4 Å². The van der Waals surface area contributed by atoms with Crippen molar-refractivity contribution < 1.29 is 19.1 Å². The maximum atomic E-state index is 12.2. The Hall–Kier alpha value is -2.57. The van der Waals surface area contributed by atoms with Gasteiger partial charge in [-0.2, -0.15) is 0 Å². The molecule has 2 aromatic carbocycles. The standard InChI is InChI=1S/C23H26Cl2N2O4/c1-3-15-7-5-8-16(4-2)23(15)27-21(29)14-31-22(30)10-6-9-20(28)26-17-11-12-18(24)19(25)13-17/h5,7-8,11-13H,3-4,6,9-10,14H2,1-2H3,(H,26,28)(H,27,29). The number of esters is 1. The summed E-state index contributed by atoms with van der Waals surface area (Å²) in [5.74, 6) is -1.18. The lowest BCUT2D eigenvalue weighted by Gasteiger charge is -2.14. The van der Waals surface area contributed by atoms with Crippen molar-refractivity contribution in [2.24, 2.45) is 0 Å². The van der Waals surface area contributed by atoms with E-state index in [1.54, 1.807) is 18.2 Å². The summed E-state index contributed by atoms with van der Waals surface area (Å²) in [5.41, 5.74) is 3.38. The van der Waals surface area contributed by atoms with Crippen molar-refractivity contribution in [3.8, 4) is 0 Å². The third kappa shape index (κ3) is 7.89. The van der Waals surface area contributed by atoms with Crippen LogP contribution >= 0.6 is 23.2 Å². The minimum absolute atomic E-state index is 0.0355. The number of carbonyl (C=O) groups is 3. The molecule has 0 atom stereocenters. The SMILES string of the molecule is CCc1cccc(CC)c1NC(=O)COC(=O)CCCC(=O)Nc1ccc(Cl)c(Cl)c1. The summed E-state index contributed by atoms with van der Waals surface area (Å²) < 4.78 is 5.04. The minimum Gasteiger partial charge on any atom is -0.456 e. The zero-order valence-electron chi connectivity index (χ0n) is 17.6. The molecule has 0 aliphatic heterocycles. The molecule has 0 radical (unpaired) electrons. The number of ether oxygens (including phenoxy) is 1. The summed E-state index contributed by atoms with van der Waals surface area (Å²) in [6.45, 7) is 3.67. The van der Waals surface area contributed by atoms with Crippen LogP contribution in [-0.2, 0) is 32.0 Å². The highest BCUT2D eigenvalue weighted by atomic mass is 35.5. The molecule has 0 aliphatic carbocycles. The van der Waals surface area contributed by atoms with Gasteiger partial charge in [0.2, 0.25) is 5.91 Å². The molecule has 0 aromatic heterocycles. The number of hydrogen-bond acceptors (Lipinski definition) is 4. The molecule has 2 amide bonds. The van der Waals surface area contributed by atoms with Gasteiger partial charge in [-0.25, -0.2) is 0 Å². The Morgan fingerprint density at radius 3 is 2.16 bits per heavy atom. The molecule has 0 saturated heterocycles. The van der Waals surface area contributed by atoms with Gasteiger partial charge in [0.25, 0.3) is 5.91 Å². The van der Waals surface area contributed by atoms with Gasteiger partial charge in [0.15, 0.2) is 6.61 Å². The quantitative estimate of drug-likeness (QED) is 0.460. The third-order valence-corrected chi connectivity index (χ3v) is 5.35. The molecule has 0 fully saturated rings. The summed E-state index contributed by atoms with van der Waals surface area (Å²) in [7, 11) is 0. The fourth-order valence-corrected chi connectivity index (χ4v) is 3.29. The zero-order valence-corrected chi connectivity index (χ0v) is 19.1. The molecule has 0 spiro atoms. The van der Waals surface area contributed by atoms with E-state index in [4.69, 9.17) is 27.9 Å². The number of carbonyl (C=O) groups excluding carboxylic acids is 3. The number of anilines is 2. The summed E-state index contributed by atoms with van der Waals surface area (Å²) in [6, 6.07) is 10.7. The first kappa shape index (κ1) is 24.7. The van der Waals surface area contributed by atoms with E-state index in [0.29, 0.717) is 22.2 Å². The van der Waals surface area contributed by atoms with Crippen LogP contribution in [-0.4, -0.2) is 24.4 Å². The smallest absolute Gasteiger partial charge is 0.306 e. The molecule has 0 unspecified atom stereocenters. The number of amides is 2. The Labute approximate surface area is 192 Å². The lowest BCUT2D eigenvalue weighted by atomic mass is 10.0. The highest BCUT2D eigenvalue weighted by Gasteiger charge is 2.13. The number of aryl methyl sites for hydroxylation is 2. The largest absolute Gasteiger partial charge is 0.456 e. The van der Waals surface area contributed by atoms with E-state index in [1.807, 2.05) is 32.0 Å². The van der Waals surface area contributed by atoms with Gasteiger partial charge in [-0.15, -0.1) is 0 Å². The van der Waals surface area contributed by atoms with E-state index in [0.717, 1.165) is 29.7 Å². The van der Waals surface area contributed by atoms with Gasteiger partial charge in [0.05, 0.1) is 10.0 Å². The third-order valence-electron chi connectivity index (χ3n) is 4.62. The van der Waals surface area contributed by atoms with Crippen molar-refractivity contribution in [1.29, 1.82) is 0 Å². The maximum absolute atomic E-state index is 12.2. The van der Waals surface area contributed by atoms with E-state index in [9.17, 15) is 14.4 Å². The predicted molar refractivity (Wildman–Crippen MR) is 124 cm³/mol. The molecule has 0 bridgehead atoms.